The molecular weight excluding hydrogens is 432 g/mol. The number of aromatic nitrogens is 1. The molecule has 0 atom stereocenters. The van der Waals surface area contributed by atoms with Crippen LogP contribution >= 0.6 is 15.9 Å². The first kappa shape index (κ1) is 22.7. The summed E-state index contributed by atoms with van der Waals surface area (Å²) in [5, 5.41) is 2.84. The van der Waals surface area contributed by atoms with Gasteiger partial charge in [0.1, 0.15) is 6.54 Å². The lowest BCUT2D eigenvalue weighted by atomic mass is 10.2. The second-order valence-corrected chi connectivity index (χ2v) is 8.30. The molecule has 29 heavy (non-hydrogen) atoms. The van der Waals surface area contributed by atoms with Crippen LogP contribution in [0.25, 0.3) is 0 Å². The van der Waals surface area contributed by atoms with Crippen LogP contribution in [0.15, 0.2) is 59.7 Å². The van der Waals surface area contributed by atoms with E-state index in [1.165, 1.54) is 4.90 Å². The molecule has 0 aliphatic carbocycles. The van der Waals surface area contributed by atoms with E-state index in [1.807, 2.05) is 47.0 Å². The maximum Gasteiger partial charge on any atom is 0.322 e. The van der Waals surface area contributed by atoms with Crippen molar-refractivity contribution in [2.24, 2.45) is 13.0 Å². The normalized spacial score (nSPS) is 10.7. The van der Waals surface area contributed by atoms with Crippen molar-refractivity contribution in [2.45, 2.75) is 20.4 Å². The number of anilines is 1. The number of hydrogen-bond acceptors (Lipinski definition) is 2. The molecule has 6 nitrogen and oxygen atoms in total. The topological polar surface area (TPSA) is 57.6 Å². The van der Waals surface area contributed by atoms with Crippen LogP contribution in [-0.4, -0.2) is 45.9 Å². The first-order chi connectivity index (χ1) is 13.8. The molecule has 1 aromatic heterocycles. The molecule has 7 heteroatoms. The fourth-order valence-electron chi connectivity index (χ4n) is 2.93. The number of halogens is 1. The van der Waals surface area contributed by atoms with Crippen molar-refractivity contribution in [3.63, 3.8) is 0 Å². The number of urea groups is 1. The lowest BCUT2D eigenvalue weighted by Crippen LogP contribution is -2.45. The average Bonchev–Trinajstić information content (AvgIpc) is 3.07. The van der Waals surface area contributed by atoms with E-state index in [0.29, 0.717) is 24.7 Å². The molecule has 1 heterocycles. The molecule has 156 valence electrons. The van der Waals surface area contributed by atoms with Crippen molar-refractivity contribution < 1.29 is 9.59 Å². The van der Waals surface area contributed by atoms with E-state index in [4.69, 9.17) is 0 Å². The maximum absolute atomic E-state index is 13.1. The van der Waals surface area contributed by atoms with E-state index in [-0.39, 0.29) is 25.0 Å². The summed E-state index contributed by atoms with van der Waals surface area (Å²) < 4.78 is 2.93. The van der Waals surface area contributed by atoms with Gasteiger partial charge in [0.25, 0.3) is 0 Å². The predicted molar refractivity (Wildman–Crippen MR) is 121 cm³/mol. The van der Waals surface area contributed by atoms with Crippen LogP contribution in [0, 0.1) is 5.92 Å². The lowest BCUT2D eigenvalue weighted by molar-refractivity contribution is -0.132. The Labute approximate surface area is 181 Å². The molecule has 0 bridgehead atoms. The van der Waals surface area contributed by atoms with Gasteiger partial charge in [-0.2, -0.15) is 0 Å². The number of nitrogens with one attached hydrogen (secondary N) is 1. The van der Waals surface area contributed by atoms with Crippen LogP contribution in [0.4, 0.5) is 10.5 Å². The Morgan fingerprint density at radius 2 is 1.90 bits per heavy atom. The van der Waals surface area contributed by atoms with Crippen LogP contribution in [0.2, 0.25) is 0 Å². The Bertz CT molecular complexity index is 830. The SMILES string of the molecule is C=CCN(CC(=O)N(Cc1cccn1C)CC(C)C)C(=O)Nc1ccc(Br)cc1. The molecule has 2 rings (SSSR count). The van der Waals surface area contributed by atoms with Gasteiger partial charge in [-0.15, -0.1) is 6.58 Å². The summed E-state index contributed by atoms with van der Waals surface area (Å²) in [5.41, 5.74) is 1.72. The van der Waals surface area contributed by atoms with Crippen LogP contribution in [0.5, 0.6) is 0 Å². The number of carbonyl (C=O) groups is 2. The third-order valence-electron chi connectivity index (χ3n) is 4.40. The Hall–Kier alpha value is -2.54. The van der Waals surface area contributed by atoms with Gasteiger partial charge < -0.3 is 19.7 Å². The third-order valence-corrected chi connectivity index (χ3v) is 4.93. The predicted octanol–water partition coefficient (Wildman–Crippen LogP) is 4.49. The zero-order valence-electron chi connectivity index (χ0n) is 17.3. The largest absolute Gasteiger partial charge is 0.353 e. The average molecular weight is 461 g/mol. The maximum atomic E-state index is 13.1. The summed E-state index contributed by atoms with van der Waals surface area (Å²) >= 11 is 3.37. The molecule has 1 N–H and O–H groups in total. The van der Waals surface area contributed by atoms with Gasteiger partial charge in [0.05, 0.1) is 6.54 Å². The summed E-state index contributed by atoms with van der Waals surface area (Å²) in [6.45, 7) is 9.28. The minimum absolute atomic E-state index is 0.00841. The van der Waals surface area contributed by atoms with Crippen LogP contribution in [0.3, 0.4) is 0 Å². The summed E-state index contributed by atoms with van der Waals surface area (Å²) in [6, 6.07) is 10.9. The van der Waals surface area contributed by atoms with E-state index in [9.17, 15) is 9.59 Å². The molecule has 0 aliphatic heterocycles. The molecule has 0 unspecified atom stereocenters. The Morgan fingerprint density at radius 3 is 2.45 bits per heavy atom. The van der Waals surface area contributed by atoms with Gasteiger partial charge in [0, 0.05) is 42.2 Å². The van der Waals surface area contributed by atoms with Gasteiger partial charge in [0.2, 0.25) is 5.91 Å². The smallest absolute Gasteiger partial charge is 0.322 e. The van der Waals surface area contributed by atoms with Gasteiger partial charge in [0.15, 0.2) is 0 Å². The highest BCUT2D eigenvalue weighted by molar-refractivity contribution is 9.10. The van der Waals surface area contributed by atoms with E-state index in [2.05, 4.69) is 41.7 Å². The van der Waals surface area contributed by atoms with Crippen molar-refractivity contribution in [2.75, 3.05) is 25.0 Å². The number of amides is 3. The van der Waals surface area contributed by atoms with Crippen LogP contribution in [0.1, 0.15) is 19.5 Å². The molecule has 2 aromatic rings. The fraction of sp³-hybridized carbons (Fsp3) is 0.364. The van der Waals surface area contributed by atoms with Gasteiger partial charge >= 0.3 is 6.03 Å². The van der Waals surface area contributed by atoms with Crippen LogP contribution < -0.4 is 5.32 Å². The molecule has 0 spiro atoms. The first-order valence-corrected chi connectivity index (χ1v) is 10.4. The minimum atomic E-state index is -0.330. The van der Waals surface area contributed by atoms with E-state index in [1.54, 1.807) is 18.2 Å². The summed E-state index contributed by atoms with van der Waals surface area (Å²) in [6.07, 6.45) is 3.58. The molecule has 0 aliphatic rings. The molecular formula is C22H29BrN4O2. The number of hydrogen-bond donors (Lipinski definition) is 1. The highest BCUT2D eigenvalue weighted by Gasteiger charge is 2.22. The summed E-state index contributed by atoms with van der Waals surface area (Å²) in [7, 11) is 1.96. The van der Waals surface area contributed by atoms with E-state index in [0.717, 1.165) is 10.2 Å². The van der Waals surface area contributed by atoms with E-state index >= 15 is 0 Å². The Balaban J connectivity index is 2.09. The first-order valence-electron chi connectivity index (χ1n) is 9.60. The number of rotatable bonds is 9. The van der Waals surface area contributed by atoms with Gasteiger partial charge in [-0.05, 0) is 42.3 Å². The fourth-order valence-corrected chi connectivity index (χ4v) is 3.19. The Kier molecular flexibility index (Phi) is 8.51. The Morgan fingerprint density at radius 1 is 1.21 bits per heavy atom. The van der Waals surface area contributed by atoms with Crippen molar-refractivity contribution in [3.8, 4) is 0 Å². The highest BCUT2D eigenvalue weighted by Crippen LogP contribution is 2.15. The molecule has 3 amide bonds. The summed E-state index contributed by atoms with van der Waals surface area (Å²) in [4.78, 5) is 29.1. The molecule has 1 aromatic carbocycles. The molecule has 0 radical (unpaired) electrons. The van der Waals surface area contributed by atoms with Gasteiger partial charge in [-0.25, -0.2) is 4.79 Å². The third kappa shape index (κ3) is 7.09. The van der Waals surface area contributed by atoms with Crippen molar-refractivity contribution in [1.29, 1.82) is 0 Å². The van der Waals surface area contributed by atoms with Crippen molar-refractivity contribution in [3.05, 3.63) is 65.4 Å². The number of benzene rings is 1. The van der Waals surface area contributed by atoms with Crippen molar-refractivity contribution in [1.82, 2.24) is 14.4 Å². The lowest BCUT2D eigenvalue weighted by Gasteiger charge is -2.28. The standard InChI is InChI=1S/C22H29BrN4O2/c1-5-12-26(22(29)24-19-10-8-18(23)9-11-19)16-21(28)27(14-17(2)3)15-20-7-6-13-25(20)4/h5-11,13,17H,1,12,14-16H2,2-4H3,(H,24,29). The molecule has 0 fully saturated rings. The monoisotopic (exact) mass is 460 g/mol. The summed E-state index contributed by atoms with van der Waals surface area (Å²) in [5.74, 6) is 0.233. The van der Waals surface area contributed by atoms with Gasteiger partial charge in [-0.3, -0.25) is 4.79 Å². The van der Waals surface area contributed by atoms with Gasteiger partial charge in [-0.1, -0.05) is 35.9 Å². The number of nitrogens with zero attached hydrogens (tertiary/aromatic N) is 3. The van der Waals surface area contributed by atoms with Crippen molar-refractivity contribution >= 4 is 33.6 Å². The van der Waals surface area contributed by atoms with Crippen LogP contribution in [-0.2, 0) is 18.4 Å². The highest BCUT2D eigenvalue weighted by atomic mass is 79.9. The zero-order valence-corrected chi connectivity index (χ0v) is 18.9. The zero-order chi connectivity index (χ0) is 21.4. The molecule has 0 saturated heterocycles. The van der Waals surface area contributed by atoms with E-state index < -0.39 is 0 Å². The molecule has 0 saturated carbocycles. The minimum Gasteiger partial charge on any atom is -0.353 e. The number of carbonyl (C=O) groups excluding carboxylic acids is 2. The second kappa shape index (κ2) is 10.9. The number of aryl methyl sites for hydroxylation is 1. The quantitative estimate of drug-likeness (QED) is 0.560. The second-order valence-electron chi connectivity index (χ2n) is 7.38.